The molecule has 1 aromatic heterocycles. The molecule has 2 heterocycles. The molecule has 2 aromatic rings. The van der Waals surface area contributed by atoms with Crippen molar-refractivity contribution in [3.05, 3.63) is 58.6 Å². The summed E-state index contributed by atoms with van der Waals surface area (Å²) in [6.45, 7) is 0.994. The molecule has 0 radical (unpaired) electrons. The highest BCUT2D eigenvalue weighted by molar-refractivity contribution is 6.03. The molecule has 0 aliphatic carbocycles. The maximum Gasteiger partial charge on any atom is 0.351 e. The molecule has 142 valence electrons. The van der Waals surface area contributed by atoms with Gasteiger partial charge in [-0.1, -0.05) is 18.2 Å². The van der Waals surface area contributed by atoms with E-state index in [1.807, 2.05) is 0 Å². The van der Waals surface area contributed by atoms with Crippen LogP contribution in [0.2, 0.25) is 0 Å². The summed E-state index contributed by atoms with van der Waals surface area (Å²) in [6.07, 6.45) is -0.506. The number of anilines is 1. The Balaban J connectivity index is 1.78. The molecular formula is C18H19N3O6. The lowest BCUT2D eigenvalue weighted by Crippen LogP contribution is -2.34. The molecule has 9 heteroatoms. The molecule has 1 amide bonds. The number of ether oxygens (including phenoxy) is 2. The minimum Gasteiger partial charge on any atom is -0.458 e. The van der Waals surface area contributed by atoms with Gasteiger partial charge in [0.25, 0.3) is 5.91 Å². The van der Waals surface area contributed by atoms with Gasteiger partial charge < -0.3 is 19.9 Å². The van der Waals surface area contributed by atoms with Crippen LogP contribution in [-0.4, -0.2) is 45.3 Å². The Kier molecular flexibility index (Phi) is 5.63. The van der Waals surface area contributed by atoms with Gasteiger partial charge in [0, 0.05) is 25.1 Å². The molecule has 3 atom stereocenters. The number of nitrogens with zero attached hydrogens (tertiary/aromatic N) is 2. The van der Waals surface area contributed by atoms with Gasteiger partial charge in [-0.3, -0.25) is 14.2 Å². The summed E-state index contributed by atoms with van der Waals surface area (Å²) in [7, 11) is 0. The topological polar surface area (TPSA) is 120 Å². The number of amides is 1. The number of aliphatic hydroxyl groups excluding tert-OH is 1. The average molecular weight is 373 g/mol. The number of aliphatic hydroxyl groups is 1. The van der Waals surface area contributed by atoms with Crippen LogP contribution >= 0.6 is 0 Å². The predicted molar refractivity (Wildman–Crippen MR) is 94.1 cm³/mol. The van der Waals surface area contributed by atoms with E-state index in [4.69, 9.17) is 9.47 Å². The van der Waals surface area contributed by atoms with Crippen molar-refractivity contribution >= 4 is 17.7 Å². The van der Waals surface area contributed by atoms with E-state index in [0.717, 1.165) is 0 Å². The predicted octanol–water partition coefficient (Wildman–Crippen LogP) is 0.707. The third-order valence-corrected chi connectivity index (χ3v) is 4.05. The number of nitrogens with one attached hydrogen (secondary N) is 1. The Labute approximate surface area is 154 Å². The summed E-state index contributed by atoms with van der Waals surface area (Å²) in [5.74, 6) is -0.818. The maximum atomic E-state index is 12.4. The lowest BCUT2D eigenvalue weighted by atomic mass is 10.2. The Hall–Kier alpha value is -3.04. The normalized spacial score (nSPS) is 21.6. The van der Waals surface area contributed by atoms with Crippen molar-refractivity contribution in [2.45, 2.75) is 31.8 Å². The first-order chi connectivity index (χ1) is 13.0. The van der Waals surface area contributed by atoms with Crippen LogP contribution in [0, 0.1) is 0 Å². The first-order valence-electron chi connectivity index (χ1n) is 8.37. The molecule has 9 nitrogen and oxygen atoms in total. The maximum absolute atomic E-state index is 12.4. The van der Waals surface area contributed by atoms with Crippen LogP contribution in [0.4, 0.5) is 5.82 Å². The van der Waals surface area contributed by atoms with E-state index in [2.05, 4.69) is 10.3 Å². The highest BCUT2D eigenvalue weighted by Crippen LogP contribution is 2.30. The highest BCUT2D eigenvalue weighted by atomic mass is 16.6. The average Bonchev–Trinajstić information content (AvgIpc) is 3.04. The van der Waals surface area contributed by atoms with Gasteiger partial charge in [-0.05, 0) is 18.2 Å². The molecule has 0 unspecified atom stereocenters. The minimum atomic E-state index is -0.898. The third kappa shape index (κ3) is 4.39. The molecule has 0 saturated carbocycles. The van der Waals surface area contributed by atoms with E-state index in [0.29, 0.717) is 5.56 Å². The van der Waals surface area contributed by atoms with Crippen molar-refractivity contribution < 1.29 is 24.2 Å². The smallest absolute Gasteiger partial charge is 0.351 e. The molecule has 1 aromatic carbocycles. The molecule has 3 rings (SSSR count). The Morgan fingerprint density at radius 2 is 2.07 bits per heavy atom. The van der Waals surface area contributed by atoms with Gasteiger partial charge in [0.2, 0.25) is 0 Å². The molecule has 0 bridgehead atoms. The van der Waals surface area contributed by atoms with Crippen LogP contribution in [0.5, 0.6) is 0 Å². The largest absolute Gasteiger partial charge is 0.458 e. The monoisotopic (exact) mass is 373 g/mol. The van der Waals surface area contributed by atoms with E-state index in [-0.39, 0.29) is 18.8 Å². The van der Waals surface area contributed by atoms with Crippen molar-refractivity contribution in [3.8, 4) is 0 Å². The number of esters is 1. The van der Waals surface area contributed by atoms with Crippen molar-refractivity contribution in [1.29, 1.82) is 0 Å². The fourth-order valence-corrected chi connectivity index (χ4v) is 2.85. The fraction of sp³-hybridized carbons (Fsp3) is 0.333. The molecular weight excluding hydrogens is 354 g/mol. The summed E-state index contributed by atoms with van der Waals surface area (Å²) in [5.41, 5.74) is -0.245. The zero-order valence-electron chi connectivity index (χ0n) is 14.6. The van der Waals surface area contributed by atoms with Gasteiger partial charge in [0.15, 0.2) is 6.23 Å². The number of benzene rings is 1. The summed E-state index contributed by atoms with van der Waals surface area (Å²) >= 11 is 0. The number of carbonyl (C=O) groups is 2. The van der Waals surface area contributed by atoms with Gasteiger partial charge in [-0.25, -0.2) is 4.79 Å². The first-order valence-corrected chi connectivity index (χ1v) is 8.37. The van der Waals surface area contributed by atoms with Gasteiger partial charge in [-0.15, -0.1) is 0 Å². The van der Waals surface area contributed by atoms with Crippen molar-refractivity contribution in [2.24, 2.45) is 0 Å². The summed E-state index contributed by atoms with van der Waals surface area (Å²) in [6, 6.07) is 9.97. The molecule has 2 N–H and O–H groups in total. The molecule has 1 fully saturated rings. The second-order valence-electron chi connectivity index (χ2n) is 6.04. The van der Waals surface area contributed by atoms with Crippen LogP contribution in [-0.2, 0) is 14.3 Å². The summed E-state index contributed by atoms with van der Waals surface area (Å²) in [5, 5.41) is 11.8. The van der Waals surface area contributed by atoms with Crippen molar-refractivity contribution in [2.75, 3.05) is 11.9 Å². The van der Waals surface area contributed by atoms with Crippen LogP contribution in [0.15, 0.2) is 47.4 Å². The van der Waals surface area contributed by atoms with Crippen molar-refractivity contribution in [3.63, 3.8) is 0 Å². The van der Waals surface area contributed by atoms with Gasteiger partial charge in [-0.2, -0.15) is 4.98 Å². The van der Waals surface area contributed by atoms with E-state index in [9.17, 15) is 19.5 Å². The van der Waals surface area contributed by atoms with Crippen molar-refractivity contribution in [1.82, 2.24) is 9.55 Å². The van der Waals surface area contributed by atoms with Gasteiger partial charge >= 0.3 is 11.7 Å². The fourth-order valence-electron chi connectivity index (χ4n) is 2.85. The zero-order chi connectivity index (χ0) is 19.4. The van der Waals surface area contributed by atoms with Crippen LogP contribution in [0.1, 0.15) is 29.9 Å². The van der Waals surface area contributed by atoms with E-state index >= 15 is 0 Å². The quantitative estimate of drug-likeness (QED) is 0.741. The molecule has 1 aliphatic heterocycles. The third-order valence-electron chi connectivity index (χ3n) is 4.05. The summed E-state index contributed by atoms with van der Waals surface area (Å²) in [4.78, 5) is 39.7. The van der Waals surface area contributed by atoms with Crippen LogP contribution in [0.25, 0.3) is 0 Å². The van der Waals surface area contributed by atoms with Gasteiger partial charge in [0.05, 0.1) is 12.7 Å². The Morgan fingerprint density at radius 1 is 1.33 bits per heavy atom. The number of carbonyl (C=O) groups excluding carboxylic acids is 2. The number of hydrogen-bond acceptors (Lipinski definition) is 7. The lowest BCUT2D eigenvalue weighted by molar-refractivity contribution is -0.152. The van der Waals surface area contributed by atoms with E-state index in [1.54, 1.807) is 30.3 Å². The second-order valence-corrected chi connectivity index (χ2v) is 6.04. The molecule has 27 heavy (non-hydrogen) atoms. The highest BCUT2D eigenvalue weighted by Gasteiger charge is 2.39. The van der Waals surface area contributed by atoms with Crippen LogP contribution < -0.4 is 11.0 Å². The first kappa shape index (κ1) is 18.7. The molecule has 0 spiro atoms. The standard InChI is InChI=1S/C18H19N3O6/c1-11(23)26-14-9-13(10-22)27-17(14)21-8-7-15(20-18(21)25)19-16(24)12-5-3-2-4-6-12/h2-8,13-14,17,22H,9-10H2,1H3,(H,19,20,24,25)/t13-,14+,17+/m0/s1. The van der Waals surface area contributed by atoms with E-state index in [1.165, 1.54) is 23.8 Å². The molecule has 1 aliphatic rings. The minimum absolute atomic E-state index is 0.0887. The zero-order valence-corrected chi connectivity index (χ0v) is 14.6. The SMILES string of the molecule is CC(=O)O[C@@H]1C[C@@H](CO)O[C@H]1n1ccc(NC(=O)c2ccccc2)nc1=O. The number of aromatic nitrogens is 2. The summed E-state index contributed by atoms with van der Waals surface area (Å²) < 4.78 is 11.9. The number of hydrogen-bond donors (Lipinski definition) is 2. The second kappa shape index (κ2) is 8.11. The lowest BCUT2D eigenvalue weighted by Gasteiger charge is -2.20. The van der Waals surface area contributed by atoms with Gasteiger partial charge in [0.1, 0.15) is 11.9 Å². The van der Waals surface area contributed by atoms with Crippen LogP contribution in [0.3, 0.4) is 0 Å². The number of rotatable bonds is 5. The molecule has 1 saturated heterocycles. The van der Waals surface area contributed by atoms with E-state index < -0.39 is 36.0 Å². The Bertz CT molecular complexity index is 882. The Morgan fingerprint density at radius 3 is 2.70 bits per heavy atom.